The Labute approximate surface area is 154 Å². The van der Waals surface area contributed by atoms with E-state index in [0.717, 1.165) is 15.8 Å². The molecule has 0 spiro atoms. The van der Waals surface area contributed by atoms with Crippen molar-refractivity contribution in [3.63, 3.8) is 0 Å². The second-order valence-corrected chi connectivity index (χ2v) is 7.19. The molecule has 1 heterocycles. The van der Waals surface area contributed by atoms with Crippen molar-refractivity contribution in [3.8, 4) is 0 Å². The molecule has 2 aromatic carbocycles. The summed E-state index contributed by atoms with van der Waals surface area (Å²) in [6.07, 6.45) is 0. The molecule has 4 nitrogen and oxygen atoms in total. The van der Waals surface area contributed by atoms with Gasteiger partial charge in [-0.05, 0) is 50.6 Å². The molecular weight excluding hydrogens is 356 g/mol. The summed E-state index contributed by atoms with van der Waals surface area (Å²) in [5.41, 5.74) is 3.14. The Morgan fingerprint density at radius 3 is 2.40 bits per heavy atom. The molecule has 0 saturated heterocycles. The Hall–Kier alpha value is -2.24. The Kier molecular flexibility index (Phi) is 4.88. The minimum Gasteiger partial charge on any atom is -0.316 e. The first-order valence-electron chi connectivity index (χ1n) is 7.90. The van der Waals surface area contributed by atoms with Crippen LogP contribution in [0, 0.1) is 6.92 Å². The number of rotatable bonds is 3. The van der Waals surface area contributed by atoms with E-state index in [2.05, 4.69) is 4.99 Å². The number of aryl methyl sites for hydroxylation is 2. The molecular formula is C19H17ClN2O2S. The first-order chi connectivity index (χ1) is 11.9. The normalized spacial score (nSPS) is 11.9. The molecule has 0 aliphatic rings. The third kappa shape index (κ3) is 3.43. The van der Waals surface area contributed by atoms with E-state index in [4.69, 9.17) is 11.6 Å². The Balaban J connectivity index is 2.10. The van der Waals surface area contributed by atoms with Crippen LogP contribution in [-0.4, -0.2) is 16.3 Å². The largest absolute Gasteiger partial charge is 0.316 e. The molecule has 0 atom stereocenters. The maximum absolute atomic E-state index is 12.5. The van der Waals surface area contributed by atoms with Crippen LogP contribution in [0.15, 0.2) is 41.4 Å². The van der Waals surface area contributed by atoms with Crippen molar-refractivity contribution in [2.45, 2.75) is 27.3 Å². The van der Waals surface area contributed by atoms with Crippen molar-refractivity contribution in [2.24, 2.45) is 4.99 Å². The number of ketones is 1. The standard InChI is InChI=1S/C19H17ClN2O2S/c1-4-22-17-11(2)9-15(20)10-16(17)25-19(22)21-18(24)14-7-5-13(6-8-14)12(3)23/h5-10H,4H2,1-3H3. The fourth-order valence-corrected chi connectivity index (χ4v) is 4.30. The summed E-state index contributed by atoms with van der Waals surface area (Å²) < 4.78 is 3.03. The number of hydrogen-bond acceptors (Lipinski definition) is 3. The number of carbonyl (C=O) groups excluding carboxylic acids is 2. The molecule has 3 rings (SSSR count). The van der Waals surface area contributed by atoms with Gasteiger partial charge >= 0.3 is 0 Å². The molecule has 0 aliphatic carbocycles. The third-order valence-corrected chi connectivity index (χ3v) is 5.23. The summed E-state index contributed by atoms with van der Waals surface area (Å²) >= 11 is 7.59. The molecule has 0 saturated carbocycles. The van der Waals surface area contributed by atoms with Gasteiger partial charge in [-0.3, -0.25) is 9.59 Å². The van der Waals surface area contributed by atoms with Gasteiger partial charge in [0.1, 0.15) is 0 Å². The van der Waals surface area contributed by atoms with Crippen molar-refractivity contribution in [2.75, 3.05) is 0 Å². The maximum Gasteiger partial charge on any atom is 0.279 e. The maximum atomic E-state index is 12.5. The van der Waals surface area contributed by atoms with Gasteiger partial charge in [-0.25, -0.2) is 0 Å². The molecule has 1 amide bonds. The zero-order chi connectivity index (χ0) is 18.1. The van der Waals surface area contributed by atoms with Crippen LogP contribution >= 0.6 is 22.9 Å². The summed E-state index contributed by atoms with van der Waals surface area (Å²) in [6.45, 7) is 6.22. The summed E-state index contributed by atoms with van der Waals surface area (Å²) in [7, 11) is 0. The molecule has 25 heavy (non-hydrogen) atoms. The molecule has 0 unspecified atom stereocenters. The minimum absolute atomic E-state index is 0.0309. The lowest BCUT2D eigenvalue weighted by molar-refractivity contribution is 0.0991. The van der Waals surface area contributed by atoms with Crippen LogP contribution in [0.3, 0.4) is 0 Å². The SMILES string of the molecule is CCn1c(=NC(=O)c2ccc(C(C)=O)cc2)sc2cc(Cl)cc(C)c21. The number of carbonyl (C=O) groups is 2. The highest BCUT2D eigenvalue weighted by Gasteiger charge is 2.11. The van der Waals surface area contributed by atoms with Crippen LogP contribution in [-0.2, 0) is 6.54 Å². The molecule has 0 N–H and O–H groups in total. The predicted molar refractivity (Wildman–Crippen MR) is 102 cm³/mol. The number of hydrogen-bond donors (Lipinski definition) is 0. The number of nitrogens with zero attached hydrogens (tertiary/aromatic N) is 2. The van der Waals surface area contributed by atoms with Gasteiger partial charge in [-0.2, -0.15) is 4.99 Å². The molecule has 0 aliphatic heterocycles. The number of Topliss-reactive ketones (excluding diaryl/α,β-unsaturated/α-hetero) is 1. The number of thiazole rings is 1. The van der Waals surface area contributed by atoms with Gasteiger partial charge < -0.3 is 4.57 Å². The van der Waals surface area contributed by atoms with Crippen LogP contribution in [0.1, 0.15) is 40.1 Å². The smallest absolute Gasteiger partial charge is 0.279 e. The van der Waals surface area contributed by atoms with Crippen molar-refractivity contribution >= 4 is 44.8 Å². The number of halogens is 1. The fraction of sp³-hybridized carbons (Fsp3) is 0.211. The van der Waals surface area contributed by atoms with E-state index < -0.39 is 0 Å². The van der Waals surface area contributed by atoms with Crippen LogP contribution in [0.5, 0.6) is 0 Å². The summed E-state index contributed by atoms with van der Waals surface area (Å²) in [5.74, 6) is -0.357. The number of benzene rings is 2. The molecule has 0 radical (unpaired) electrons. The highest BCUT2D eigenvalue weighted by atomic mass is 35.5. The van der Waals surface area contributed by atoms with E-state index >= 15 is 0 Å². The van der Waals surface area contributed by atoms with E-state index in [1.165, 1.54) is 18.3 Å². The third-order valence-electron chi connectivity index (χ3n) is 3.98. The lowest BCUT2D eigenvalue weighted by Crippen LogP contribution is -2.16. The van der Waals surface area contributed by atoms with Crippen molar-refractivity contribution in [1.82, 2.24) is 4.57 Å². The lowest BCUT2D eigenvalue weighted by Gasteiger charge is -2.04. The van der Waals surface area contributed by atoms with Crippen LogP contribution < -0.4 is 4.80 Å². The monoisotopic (exact) mass is 372 g/mol. The second kappa shape index (κ2) is 6.94. The highest BCUT2D eigenvalue weighted by Crippen LogP contribution is 2.25. The fourth-order valence-electron chi connectivity index (χ4n) is 2.75. The molecule has 128 valence electrons. The van der Waals surface area contributed by atoms with E-state index in [-0.39, 0.29) is 11.7 Å². The van der Waals surface area contributed by atoms with Crippen molar-refractivity contribution in [1.29, 1.82) is 0 Å². The van der Waals surface area contributed by atoms with Gasteiger partial charge in [0, 0.05) is 22.7 Å². The first-order valence-corrected chi connectivity index (χ1v) is 9.09. The number of aromatic nitrogens is 1. The van der Waals surface area contributed by atoms with Gasteiger partial charge in [0.25, 0.3) is 5.91 Å². The quantitative estimate of drug-likeness (QED) is 0.629. The average molecular weight is 373 g/mol. The van der Waals surface area contributed by atoms with Gasteiger partial charge in [0.15, 0.2) is 10.6 Å². The van der Waals surface area contributed by atoms with Gasteiger partial charge in [0.05, 0.1) is 10.2 Å². The molecule has 1 aromatic heterocycles. The molecule has 0 bridgehead atoms. The summed E-state index contributed by atoms with van der Waals surface area (Å²) in [6, 6.07) is 10.4. The minimum atomic E-state index is -0.326. The van der Waals surface area contributed by atoms with Crippen LogP contribution in [0.4, 0.5) is 0 Å². The van der Waals surface area contributed by atoms with E-state index in [9.17, 15) is 9.59 Å². The molecule has 3 aromatic rings. The van der Waals surface area contributed by atoms with Gasteiger partial charge in [-0.1, -0.05) is 35.1 Å². The van der Waals surface area contributed by atoms with Gasteiger partial charge in [0.2, 0.25) is 0 Å². The lowest BCUT2D eigenvalue weighted by atomic mass is 10.1. The Bertz CT molecular complexity index is 1050. The number of fused-ring (bicyclic) bond motifs is 1. The molecule has 0 fully saturated rings. The number of amides is 1. The second-order valence-electron chi connectivity index (χ2n) is 5.75. The average Bonchev–Trinajstić information content (AvgIpc) is 2.91. The van der Waals surface area contributed by atoms with E-state index in [1.54, 1.807) is 24.3 Å². The molecule has 6 heteroatoms. The highest BCUT2D eigenvalue weighted by molar-refractivity contribution is 7.16. The van der Waals surface area contributed by atoms with Crippen molar-refractivity contribution < 1.29 is 9.59 Å². The first kappa shape index (κ1) is 17.6. The zero-order valence-corrected chi connectivity index (χ0v) is 15.7. The summed E-state index contributed by atoms with van der Waals surface area (Å²) in [4.78, 5) is 28.8. The Morgan fingerprint density at radius 2 is 1.80 bits per heavy atom. The Morgan fingerprint density at radius 1 is 1.16 bits per heavy atom. The van der Waals surface area contributed by atoms with Crippen LogP contribution in [0.25, 0.3) is 10.2 Å². The predicted octanol–water partition coefficient (Wildman–Crippen LogP) is 4.63. The topological polar surface area (TPSA) is 51.4 Å². The van der Waals surface area contributed by atoms with Crippen LogP contribution in [0.2, 0.25) is 5.02 Å². The van der Waals surface area contributed by atoms with E-state index in [1.807, 2.05) is 30.5 Å². The zero-order valence-electron chi connectivity index (χ0n) is 14.2. The summed E-state index contributed by atoms with van der Waals surface area (Å²) in [5, 5.41) is 0.673. The van der Waals surface area contributed by atoms with Crippen molar-refractivity contribution in [3.05, 3.63) is 62.9 Å². The van der Waals surface area contributed by atoms with E-state index in [0.29, 0.717) is 27.5 Å². The van der Waals surface area contributed by atoms with Gasteiger partial charge in [-0.15, -0.1) is 0 Å².